The van der Waals surface area contributed by atoms with Crippen LogP contribution < -0.4 is 11.0 Å². The largest absolute Gasteiger partial charge is 0.306 e. The molecule has 3 heteroatoms. The van der Waals surface area contributed by atoms with Crippen LogP contribution in [0.15, 0.2) is 11.9 Å². The molecule has 0 saturated heterocycles. The standard InChI is InChI=1S/C10H21N3/c1-3-5-6-7-10-9-13(8-4-2)12-11-10/h9,11-12H,3-8H2,1-2H3. The van der Waals surface area contributed by atoms with Gasteiger partial charge in [-0.2, -0.15) is 0 Å². The minimum atomic E-state index is 1.07. The average molecular weight is 183 g/mol. The molecule has 0 atom stereocenters. The van der Waals surface area contributed by atoms with Gasteiger partial charge in [0.05, 0.1) is 0 Å². The van der Waals surface area contributed by atoms with Crippen LogP contribution in [0.25, 0.3) is 0 Å². The molecule has 1 heterocycles. The molecule has 1 rings (SSSR count). The molecular weight excluding hydrogens is 162 g/mol. The summed E-state index contributed by atoms with van der Waals surface area (Å²) in [5.74, 6) is 0. The van der Waals surface area contributed by atoms with Crippen LogP contribution in [0.3, 0.4) is 0 Å². The zero-order valence-corrected chi connectivity index (χ0v) is 8.77. The van der Waals surface area contributed by atoms with E-state index in [1.165, 1.54) is 37.8 Å². The van der Waals surface area contributed by atoms with E-state index in [9.17, 15) is 0 Å². The topological polar surface area (TPSA) is 27.3 Å². The van der Waals surface area contributed by atoms with Crippen molar-refractivity contribution in [1.29, 1.82) is 0 Å². The minimum absolute atomic E-state index is 1.07. The van der Waals surface area contributed by atoms with Gasteiger partial charge in [-0.05, 0) is 19.3 Å². The molecule has 0 amide bonds. The highest BCUT2D eigenvalue weighted by molar-refractivity contribution is 5.01. The third kappa shape index (κ3) is 3.68. The lowest BCUT2D eigenvalue weighted by atomic mass is 10.2. The van der Waals surface area contributed by atoms with Gasteiger partial charge in [0.15, 0.2) is 0 Å². The Morgan fingerprint density at radius 3 is 2.77 bits per heavy atom. The fraction of sp³-hybridized carbons (Fsp3) is 0.800. The fourth-order valence-corrected chi connectivity index (χ4v) is 1.45. The second-order valence-electron chi connectivity index (χ2n) is 3.54. The first-order valence-electron chi connectivity index (χ1n) is 5.35. The van der Waals surface area contributed by atoms with Gasteiger partial charge in [-0.15, -0.1) is 5.53 Å². The van der Waals surface area contributed by atoms with Crippen LogP contribution in [-0.2, 0) is 0 Å². The number of nitrogens with zero attached hydrogens (tertiary/aromatic N) is 1. The molecule has 0 saturated carbocycles. The summed E-state index contributed by atoms with van der Waals surface area (Å²) in [6, 6.07) is 0. The third-order valence-electron chi connectivity index (χ3n) is 2.19. The molecule has 0 aromatic heterocycles. The van der Waals surface area contributed by atoms with Crippen LogP contribution in [0.2, 0.25) is 0 Å². The van der Waals surface area contributed by atoms with E-state index < -0.39 is 0 Å². The van der Waals surface area contributed by atoms with Crippen molar-refractivity contribution in [3.8, 4) is 0 Å². The van der Waals surface area contributed by atoms with E-state index >= 15 is 0 Å². The maximum absolute atomic E-state index is 3.19. The van der Waals surface area contributed by atoms with Crippen molar-refractivity contribution < 1.29 is 0 Å². The quantitative estimate of drug-likeness (QED) is 0.618. The summed E-state index contributed by atoms with van der Waals surface area (Å²) in [5.41, 5.74) is 7.63. The molecule has 1 aliphatic heterocycles. The highest BCUT2D eigenvalue weighted by atomic mass is 15.7. The maximum atomic E-state index is 3.19. The monoisotopic (exact) mass is 183 g/mol. The molecule has 0 radical (unpaired) electrons. The van der Waals surface area contributed by atoms with Gasteiger partial charge in [0.2, 0.25) is 0 Å². The van der Waals surface area contributed by atoms with Gasteiger partial charge in [-0.3, -0.25) is 5.01 Å². The van der Waals surface area contributed by atoms with Gasteiger partial charge in [-0.25, -0.2) is 0 Å². The molecular formula is C10H21N3. The summed E-state index contributed by atoms with van der Waals surface area (Å²) < 4.78 is 0. The molecule has 76 valence electrons. The number of nitrogens with one attached hydrogen (secondary N) is 2. The summed E-state index contributed by atoms with van der Waals surface area (Å²) in [6.45, 7) is 5.49. The Morgan fingerprint density at radius 1 is 1.23 bits per heavy atom. The van der Waals surface area contributed by atoms with Gasteiger partial charge in [-0.1, -0.05) is 26.7 Å². The summed E-state index contributed by atoms with van der Waals surface area (Å²) >= 11 is 0. The molecule has 1 aliphatic rings. The van der Waals surface area contributed by atoms with Gasteiger partial charge in [0.1, 0.15) is 0 Å². The van der Waals surface area contributed by atoms with Crippen molar-refractivity contribution in [2.24, 2.45) is 0 Å². The first-order chi connectivity index (χ1) is 6.36. The molecule has 0 spiro atoms. The van der Waals surface area contributed by atoms with Crippen molar-refractivity contribution in [1.82, 2.24) is 16.0 Å². The van der Waals surface area contributed by atoms with Gasteiger partial charge in [0, 0.05) is 18.4 Å². The first kappa shape index (κ1) is 10.4. The first-order valence-corrected chi connectivity index (χ1v) is 5.35. The molecule has 0 aromatic rings. The number of rotatable bonds is 6. The van der Waals surface area contributed by atoms with Crippen LogP contribution in [-0.4, -0.2) is 11.6 Å². The maximum Gasteiger partial charge on any atom is 0.0453 e. The van der Waals surface area contributed by atoms with E-state index in [1.54, 1.807) is 0 Å². The predicted molar refractivity (Wildman–Crippen MR) is 55.5 cm³/mol. The van der Waals surface area contributed by atoms with E-state index in [4.69, 9.17) is 0 Å². The number of unbranched alkanes of at least 4 members (excludes halogenated alkanes) is 2. The smallest absolute Gasteiger partial charge is 0.0453 e. The lowest BCUT2D eigenvalue weighted by molar-refractivity contribution is 0.271. The highest BCUT2D eigenvalue weighted by Gasteiger charge is 2.08. The molecule has 0 aromatic carbocycles. The zero-order chi connectivity index (χ0) is 9.52. The van der Waals surface area contributed by atoms with E-state index in [0.717, 1.165) is 6.54 Å². The molecule has 0 bridgehead atoms. The minimum Gasteiger partial charge on any atom is -0.306 e. The molecule has 0 fully saturated rings. The number of hydrogen-bond acceptors (Lipinski definition) is 3. The summed E-state index contributed by atoms with van der Waals surface area (Å²) in [4.78, 5) is 0. The normalized spacial score (nSPS) is 15.8. The lowest BCUT2D eigenvalue weighted by Gasteiger charge is -2.12. The summed E-state index contributed by atoms with van der Waals surface area (Å²) in [6.07, 6.45) is 8.43. The second kappa shape index (κ2) is 5.86. The van der Waals surface area contributed by atoms with Crippen molar-refractivity contribution in [3.05, 3.63) is 11.9 Å². The van der Waals surface area contributed by atoms with E-state index in [-0.39, 0.29) is 0 Å². The van der Waals surface area contributed by atoms with Gasteiger partial charge < -0.3 is 5.43 Å². The Labute approximate surface area is 81.1 Å². The second-order valence-corrected chi connectivity index (χ2v) is 3.54. The van der Waals surface area contributed by atoms with Gasteiger partial charge >= 0.3 is 0 Å². The Hall–Kier alpha value is -0.700. The van der Waals surface area contributed by atoms with Crippen LogP contribution in [0.1, 0.15) is 46.0 Å². The van der Waals surface area contributed by atoms with Crippen molar-refractivity contribution in [3.63, 3.8) is 0 Å². The lowest BCUT2D eigenvalue weighted by Crippen LogP contribution is -2.36. The predicted octanol–water partition coefficient (Wildman–Crippen LogP) is 2.14. The zero-order valence-electron chi connectivity index (χ0n) is 8.77. The molecule has 0 unspecified atom stereocenters. The van der Waals surface area contributed by atoms with Crippen molar-refractivity contribution >= 4 is 0 Å². The average Bonchev–Trinajstić information content (AvgIpc) is 2.54. The van der Waals surface area contributed by atoms with Crippen LogP contribution in [0.4, 0.5) is 0 Å². The Kier molecular flexibility index (Phi) is 4.68. The van der Waals surface area contributed by atoms with Gasteiger partial charge in [0.25, 0.3) is 0 Å². The van der Waals surface area contributed by atoms with Crippen LogP contribution in [0.5, 0.6) is 0 Å². The summed E-state index contributed by atoms with van der Waals surface area (Å²) in [5, 5.41) is 2.11. The number of allylic oxidation sites excluding steroid dienone is 1. The Balaban J connectivity index is 2.16. The third-order valence-corrected chi connectivity index (χ3v) is 2.19. The van der Waals surface area contributed by atoms with Crippen LogP contribution in [0, 0.1) is 0 Å². The van der Waals surface area contributed by atoms with E-state index in [2.05, 4.69) is 36.0 Å². The highest BCUT2D eigenvalue weighted by Crippen LogP contribution is 2.09. The molecule has 0 aliphatic carbocycles. The number of hydrogen-bond donors (Lipinski definition) is 2. The van der Waals surface area contributed by atoms with E-state index in [0.29, 0.717) is 0 Å². The molecule has 3 nitrogen and oxygen atoms in total. The number of hydrazine groups is 2. The molecule has 2 N–H and O–H groups in total. The van der Waals surface area contributed by atoms with Crippen molar-refractivity contribution in [2.75, 3.05) is 6.54 Å². The van der Waals surface area contributed by atoms with Crippen molar-refractivity contribution in [2.45, 2.75) is 46.0 Å². The summed E-state index contributed by atoms with van der Waals surface area (Å²) in [7, 11) is 0. The Bertz CT molecular complexity index is 166. The SMILES string of the molecule is CCCCCC1=CN(CCC)NN1. The fourth-order valence-electron chi connectivity index (χ4n) is 1.45. The molecule has 13 heavy (non-hydrogen) atoms. The van der Waals surface area contributed by atoms with Crippen LogP contribution >= 0.6 is 0 Å². The Morgan fingerprint density at radius 2 is 2.08 bits per heavy atom. The van der Waals surface area contributed by atoms with E-state index in [1.807, 2.05) is 0 Å².